The van der Waals surface area contributed by atoms with Crippen LogP contribution in [0.4, 0.5) is 0 Å². The van der Waals surface area contributed by atoms with Crippen LogP contribution in [0.15, 0.2) is 24.3 Å². The van der Waals surface area contributed by atoms with Gasteiger partial charge in [-0.2, -0.15) is 0 Å². The Kier molecular flexibility index (Phi) is 4.80. The van der Waals surface area contributed by atoms with Gasteiger partial charge in [0.05, 0.1) is 25.2 Å². The van der Waals surface area contributed by atoms with Gasteiger partial charge in [-0.05, 0) is 30.5 Å². The van der Waals surface area contributed by atoms with Gasteiger partial charge in [0, 0.05) is 11.6 Å². The number of amides is 1. The van der Waals surface area contributed by atoms with Crippen LogP contribution in [0.25, 0.3) is 0 Å². The van der Waals surface area contributed by atoms with Gasteiger partial charge in [-0.15, -0.1) is 0 Å². The Bertz CT molecular complexity index is 435. The standard InChI is InChI=1S/C14H18ClNO3/c15-11-5-3-10(4-6-11)13(18)8-14(19)16-7-1-2-12(16)9-17/h3-6,12-13,17-18H,1-2,7-9H2/t12-,13+/m0/s1. The van der Waals surface area contributed by atoms with E-state index in [0.717, 1.165) is 12.8 Å². The fourth-order valence-corrected chi connectivity index (χ4v) is 2.57. The molecule has 104 valence electrons. The first-order valence-corrected chi connectivity index (χ1v) is 6.83. The van der Waals surface area contributed by atoms with E-state index in [-0.39, 0.29) is 25.0 Å². The highest BCUT2D eigenvalue weighted by molar-refractivity contribution is 6.30. The number of benzene rings is 1. The number of carbonyl (C=O) groups is 1. The molecular formula is C14H18ClNO3. The lowest BCUT2D eigenvalue weighted by Gasteiger charge is -2.24. The second-order valence-electron chi connectivity index (χ2n) is 4.84. The van der Waals surface area contributed by atoms with Crippen LogP contribution in [-0.4, -0.2) is 40.2 Å². The van der Waals surface area contributed by atoms with Crippen molar-refractivity contribution in [3.05, 3.63) is 34.9 Å². The average Bonchev–Trinajstić information content (AvgIpc) is 2.87. The predicted molar refractivity (Wildman–Crippen MR) is 72.8 cm³/mol. The van der Waals surface area contributed by atoms with E-state index in [1.807, 2.05) is 0 Å². The van der Waals surface area contributed by atoms with Crippen LogP contribution in [0.5, 0.6) is 0 Å². The summed E-state index contributed by atoms with van der Waals surface area (Å²) in [6.45, 7) is 0.653. The molecule has 0 bridgehead atoms. The summed E-state index contributed by atoms with van der Waals surface area (Å²) < 4.78 is 0. The topological polar surface area (TPSA) is 60.8 Å². The molecule has 4 nitrogen and oxygen atoms in total. The Morgan fingerprint density at radius 1 is 1.42 bits per heavy atom. The quantitative estimate of drug-likeness (QED) is 0.885. The minimum absolute atomic E-state index is 0.0111. The number of aliphatic hydroxyl groups is 2. The number of aliphatic hydroxyl groups excluding tert-OH is 2. The highest BCUT2D eigenvalue weighted by Crippen LogP contribution is 2.23. The van der Waals surface area contributed by atoms with Crippen molar-refractivity contribution in [1.82, 2.24) is 4.90 Å². The van der Waals surface area contributed by atoms with Crippen molar-refractivity contribution in [3.8, 4) is 0 Å². The minimum atomic E-state index is -0.829. The molecule has 1 fully saturated rings. The van der Waals surface area contributed by atoms with E-state index in [0.29, 0.717) is 17.1 Å². The number of hydrogen-bond donors (Lipinski definition) is 2. The number of nitrogens with zero attached hydrogens (tertiary/aromatic N) is 1. The molecule has 1 aromatic carbocycles. The van der Waals surface area contributed by atoms with Crippen LogP contribution in [0.2, 0.25) is 5.02 Å². The molecule has 2 atom stereocenters. The third-order valence-corrected chi connectivity index (χ3v) is 3.78. The lowest BCUT2D eigenvalue weighted by molar-refractivity contribution is -0.134. The third kappa shape index (κ3) is 3.47. The van der Waals surface area contributed by atoms with Crippen LogP contribution in [0.3, 0.4) is 0 Å². The maximum absolute atomic E-state index is 12.1. The Labute approximate surface area is 117 Å². The van der Waals surface area contributed by atoms with E-state index in [1.165, 1.54) is 0 Å². The second kappa shape index (κ2) is 6.37. The van der Waals surface area contributed by atoms with Crippen molar-refractivity contribution < 1.29 is 15.0 Å². The van der Waals surface area contributed by atoms with E-state index in [2.05, 4.69) is 0 Å². The zero-order valence-electron chi connectivity index (χ0n) is 10.6. The molecule has 1 amide bonds. The zero-order chi connectivity index (χ0) is 13.8. The van der Waals surface area contributed by atoms with E-state index in [1.54, 1.807) is 29.2 Å². The zero-order valence-corrected chi connectivity index (χ0v) is 11.4. The van der Waals surface area contributed by atoms with Crippen LogP contribution in [0.1, 0.15) is 30.9 Å². The van der Waals surface area contributed by atoms with Crippen LogP contribution in [-0.2, 0) is 4.79 Å². The molecule has 1 heterocycles. The molecule has 0 aromatic heterocycles. The molecule has 5 heteroatoms. The molecule has 1 aromatic rings. The molecule has 0 spiro atoms. The van der Waals surface area contributed by atoms with Crippen molar-refractivity contribution >= 4 is 17.5 Å². The largest absolute Gasteiger partial charge is 0.394 e. The van der Waals surface area contributed by atoms with Crippen molar-refractivity contribution in [3.63, 3.8) is 0 Å². The number of carbonyl (C=O) groups excluding carboxylic acids is 1. The van der Waals surface area contributed by atoms with Crippen molar-refractivity contribution in [2.75, 3.05) is 13.2 Å². The van der Waals surface area contributed by atoms with Crippen molar-refractivity contribution in [2.45, 2.75) is 31.4 Å². The molecule has 0 saturated carbocycles. The number of likely N-dealkylation sites (tertiary alicyclic amines) is 1. The van der Waals surface area contributed by atoms with Crippen LogP contribution < -0.4 is 0 Å². The summed E-state index contributed by atoms with van der Waals surface area (Å²) in [5.41, 5.74) is 0.678. The van der Waals surface area contributed by atoms with Gasteiger partial charge >= 0.3 is 0 Å². The SMILES string of the molecule is O=C(C[C@@H](O)c1ccc(Cl)cc1)N1CCC[C@H]1CO. The monoisotopic (exact) mass is 283 g/mol. The first-order valence-electron chi connectivity index (χ1n) is 6.45. The maximum Gasteiger partial charge on any atom is 0.225 e. The fraction of sp³-hybridized carbons (Fsp3) is 0.500. The van der Waals surface area contributed by atoms with Gasteiger partial charge in [-0.25, -0.2) is 0 Å². The fourth-order valence-electron chi connectivity index (χ4n) is 2.44. The molecule has 1 saturated heterocycles. The lowest BCUT2D eigenvalue weighted by atomic mass is 10.1. The normalized spacial score (nSPS) is 20.6. The summed E-state index contributed by atoms with van der Waals surface area (Å²) in [7, 11) is 0. The smallest absolute Gasteiger partial charge is 0.225 e. The molecule has 0 aliphatic carbocycles. The van der Waals surface area contributed by atoms with Gasteiger partial charge in [-0.3, -0.25) is 4.79 Å². The molecular weight excluding hydrogens is 266 g/mol. The summed E-state index contributed by atoms with van der Waals surface area (Å²) in [5.74, 6) is -0.112. The van der Waals surface area contributed by atoms with E-state index >= 15 is 0 Å². The van der Waals surface area contributed by atoms with Crippen LogP contribution in [0, 0.1) is 0 Å². The molecule has 1 aliphatic heterocycles. The Balaban J connectivity index is 1.96. The lowest BCUT2D eigenvalue weighted by Crippen LogP contribution is -2.38. The van der Waals surface area contributed by atoms with E-state index in [9.17, 15) is 15.0 Å². The highest BCUT2D eigenvalue weighted by Gasteiger charge is 2.29. The van der Waals surface area contributed by atoms with E-state index in [4.69, 9.17) is 11.6 Å². The van der Waals surface area contributed by atoms with Gasteiger partial charge in [-0.1, -0.05) is 23.7 Å². The molecule has 0 unspecified atom stereocenters. The van der Waals surface area contributed by atoms with Crippen molar-refractivity contribution in [1.29, 1.82) is 0 Å². The Morgan fingerprint density at radius 2 is 2.11 bits per heavy atom. The summed E-state index contributed by atoms with van der Waals surface area (Å²) in [6.07, 6.45) is 0.954. The molecule has 2 rings (SSSR count). The molecule has 2 N–H and O–H groups in total. The molecule has 19 heavy (non-hydrogen) atoms. The predicted octanol–water partition coefficient (Wildman–Crippen LogP) is 1.75. The number of hydrogen-bond acceptors (Lipinski definition) is 3. The minimum Gasteiger partial charge on any atom is -0.394 e. The van der Waals surface area contributed by atoms with Crippen LogP contribution >= 0.6 is 11.6 Å². The van der Waals surface area contributed by atoms with Gasteiger partial charge in [0.1, 0.15) is 0 Å². The van der Waals surface area contributed by atoms with Gasteiger partial charge in [0.15, 0.2) is 0 Å². The summed E-state index contributed by atoms with van der Waals surface area (Å²) in [4.78, 5) is 13.8. The number of halogens is 1. The Hall–Kier alpha value is -1.10. The van der Waals surface area contributed by atoms with Gasteiger partial charge < -0.3 is 15.1 Å². The first kappa shape index (κ1) is 14.3. The van der Waals surface area contributed by atoms with Crippen molar-refractivity contribution in [2.24, 2.45) is 0 Å². The number of rotatable bonds is 4. The second-order valence-corrected chi connectivity index (χ2v) is 5.27. The highest BCUT2D eigenvalue weighted by atomic mass is 35.5. The molecule has 1 aliphatic rings. The third-order valence-electron chi connectivity index (χ3n) is 3.53. The summed E-state index contributed by atoms with van der Waals surface area (Å²) >= 11 is 5.78. The van der Waals surface area contributed by atoms with Gasteiger partial charge in [0.25, 0.3) is 0 Å². The molecule has 0 radical (unpaired) electrons. The maximum atomic E-state index is 12.1. The first-order chi connectivity index (χ1) is 9.11. The van der Waals surface area contributed by atoms with E-state index < -0.39 is 6.10 Å². The summed E-state index contributed by atoms with van der Waals surface area (Å²) in [5, 5.41) is 19.8. The summed E-state index contributed by atoms with van der Waals surface area (Å²) in [6, 6.07) is 6.72. The average molecular weight is 284 g/mol. The van der Waals surface area contributed by atoms with Gasteiger partial charge in [0.2, 0.25) is 5.91 Å². The Morgan fingerprint density at radius 3 is 2.74 bits per heavy atom.